The first-order valence-corrected chi connectivity index (χ1v) is 8.02. The number of alkyl halides is 2. The molecule has 0 spiro atoms. The number of thiophene rings is 1. The molecule has 2 aromatic rings. The first kappa shape index (κ1) is 17.4. The number of aliphatic imine (C=N–C) groups is 1. The Morgan fingerprint density at radius 1 is 1.39 bits per heavy atom. The van der Waals surface area contributed by atoms with Crippen molar-refractivity contribution in [2.75, 3.05) is 13.7 Å². The zero-order valence-corrected chi connectivity index (χ0v) is 13.6. The quantitative estimate of drug-likeness (QED) is 0.439. The van der Waals surface area contributed by atoms with Gasteiger partial charge in [0.05, 0.1) is 17.7 Å². The Labute approximate surface area is 138 Å². The number of nitrogens with two attached hydrogens (primary N) is 1. The zero-order valence-electron chi connectivity index (χ0n) is 12.8. The van der Waals surface area contributed by atoms with Crippen LogP contribution < -0.4 is 15.8 Å². The molecule has 4 nitrogen and oxygen atoms in total. The van der Waals surface area contributed by atoms with Crippen molar-refractivity contribution in [3.63, 3.8) is 0 Å². The molecule has 0 bridgehead atoms. The molecular formula is C16H19F2N3OS. The number of ether oxygens (including phenoxy) is 1. The number of hydrogen-bond donors (Lipinski definition) is 2. The number of methoxy groups -OCH3 is 1. The standard InChI is InChI=1S/C16H19F2N3OS/c1-22-13-5-4-12(21-16(19)14-3-2-8-23-14)9-11(13)10-20-7-6-15(17)18/h2-5,8-9,15,20H,6-7,10H2,1H3,(H2,19,21). The third-order valence-electron chi connectivity index (χ3n) is 3.14. The van der Waals surface area contributed by atoms with E-state index in [0.717, 1.165) is 10.4 Å². The van der Waals surface area contributed by atoms with Gasteiger partial charge >= 0.3 is 0 Å². The SMILES string of the molecule is COc1ccc(N=C(N)c2cccs2)cc1CNCCC(F)F. The lowest BCUT2D eigenvalue weighted by atomic mass is 10.1. The second kappa shape index (κ2) is 8.59. The lowest BCUT2D eigenvalue weighted by molar-refractivity contribution is 0.137. The number of rotatable bonds is 8. The number of nitrogens with one attached hydrogen (secondary N) is 1. The fraction of sp³-hybridized carbons (Fsp3) is 0.312. The van der Waals surface area contributed by atoms with E-state index in [2.05, 4.69) is 10.3 Å². The largest absolute Gasteiger partial charge is 0.496 e. The lowest BCUT2D eigenvalue weighted by Crippen LogP contribution is -2.17. The van der Waals surface area contributed by atoms with Gasteiger partial charge in [-0.25, -0.2) is 13.8 Å². The molecule has 3 N–H and O–H groups in total. The number of hydrogen-bond acceptors (Lipinski definition) is 4. The summed E-state index contributed by atoms with van der Waals surface area (Å²) < 4.78 is 29.6. The van der Waals surface area contributed by atoms with Gasteiger partial charge in [0.15, 0.2) is 0 Å². The second-order valence-electron chi connectivity index (χ2n) is 4.83. The van der Waals surface area contributed by atoms with Crippen LogP contribution in [0.25, 0.3) is 0 Å². The summed E-state index contributed by atoms with van der Waals surface area (Å²) in [6.45, 7) is 0.670. The smallest absolute Gasteiger partial charge is 0.239 e. The molecule has 1 heterocycles. The van der Waals surface area contributed by atoms with E-state index in [1.807, 2.05) is 29.6 Å². The number of nitrogens with zero attached hydrogens (tertiary/aromatic N) is 1. The molecule has 0 fully saturated rings. The van der Waals surface area contributed by atoms with Gasteiger partial charge in [0.2, 0.25) is 6.43 Å². The summed E-state index contributed by atoms with van der Waals surface area (Å²) in [6.07, 6.45) is -2.48. The maximum atomic E-state index is 12.2. The Kier molecular flexibility index (Phi) is 6.49. The van der Waals surface area contributed by atoms with E-state index in [4.69, 9.17) is 10.5 Å². The Morgan fingerprint density at radius 2 is 2.22 bits per heavy atom. The van der Waals surface area contributed by atoms with E-state index in [0.29, 0.717) is 23.8 Å². The van der Waals surface area contributed by atoms with Gasteiger partial charge in [-0.3, -0.25) is 0 Å². The third kappa shape index (κ3) is 5.30. The molecule has 1 aromatic heterocycles. The highest BCUT2D eigenvalue weighted by Crippen LogP contribution is 2.25. The number of benzene rings is 1. The van der Waals surface area contributed by atoms with E-state index < -0.39 is 6.43 Å². The predicted octanol–water partition coefficient (Wildman–Crippen LogP) is 3.54. The molecule has 2 rings (SSSR count). The Hall–Kier alpha value is -1.99. The Morgan fingerprint density at radius 3 is 2.87 bits per heavy atom. The molecule has 0 saturated heterocycles. The van der Waals surface area contributed by atoms with Crippen molar-refractivity contribution in [3.05, 3.63) is 46.2 Å². The maximum Gasteiger partial charge on any atom is 0.239 e. The van der Waals surface area contributed by atoms with Gasteiger partial charge in [-0.15, -0.1) is 11.3 Å². The summed E-state index contributed by atoms with van der Waals surface area (Å²) in [6, 6.07) is 9.26. The van der Waals surface area contributed by atoms with Crippen molar-refractivity contribution in [1.29, 1.82) is 0 Å². The minimum Gasteiger partial charge on any atom is -0.496 e. The van der Waals surface area contributed by atoms with Crippen LogP contribution >= 0.6 is 11.3 Å². The van der Waals surface area contributed by atoms with Gasteiger partial charge in [-0.2, -0.15) is 0 Å². The highest BCUT2D eigenvalue weighted by Gasteiger charge is 2.07. The van der Waals surface area contributed by atoms with E-state index >= 15 is 0 Å². The van der Waals surface area contributed by atoms with Crippen LogP contribution in [0.1, 0.15) is 16.9 Å². The molecule has 23 heavy (non-hydrogen) atoms. The topological polar surface area (TPSA) is 59.6 Å². The van der Waals surface area contributed by atoms with E-state index in [-0.39, 0.29) is 13.0 Å². The predicted molar refractivity (Wildman–Crippen MR) is 90.0 cm³/mol. The molecule has 0 aliphatic rings. The summed E-state index contributed by atoms with van der Waals surface area (Å²) in [4.78, 5) is 5.30. The van der Waals surface area contributed by atoms with Gasteiger partial charge < -0.3 is 15.8 Å². The highest BCUT2D eigenvalue weighted by atomic mass is 32.1. The van der Waals surface area contributed by atoms with Crippen LogP contribution in [-0.2, 0) is 6.54 Å². The van der Waals surface area contributed by atoms with Crippen LogP contribution in [0.4, 0.5) is 14.5 Å². The fourth-order valence-corrected chi connectivity index (χ4v) is 2.65. The van der Waals surface area contributed by atoms with Crippen molar-refractivity contribution >= 4 is 22.9 Å². The van der Waals surface area contributed by atoms with Gasteiger partial charge in [-0.05, 0) is 29.6 Å². The van der Waals surface area contributed by atoms with Crippen molar-refractivity contribution in [2.24, 2.45) is 10.7 Å². The number of amidine groups is 1. The molecule has 1 aromatic carbocycles. The first-order chi connectivity index (χ1) is 11.1. The Bertz CT molecular complexity index is 645. The molecule has 0 aliphatic carbocycles. The molecule has 0 unspecified atom stereocenters. The average molecular weight is 339 g/mol. The van der Waals surface area contributed by atoms with Crippen molar-refractivity contribution in [1.82, 2.24) is 5.32 Å². The summed E-state index contributed by atoms with van der Waals surface area (Å²) >= 11 is 1.52. The van der Waals surface area contributed by atoms with Gasteiger partial charge in [0.25, 0.3) is 0 Å². The Balaban J connectivity index is 2.10. The van der Waals surface area contributed by atoms with Crippen molar-refractivity contribution < 1.29 is 13.5 Å². The number of halogens is 2. The third-order valence-corrected chi connectivity index (χ3v) is 4.03. The minimum atomic E-state index is -2.30. The van der Waals surface area contributed by atoms with Crippen molar-refractivity contribution in [2.45, 2.75) is 19.4 Å². The van der Waals surface area contributed by atoms with Gasteiger partial charge in [-0.1, -0.05) is 6.07 Å². The molecule has 0 radical (unpaired) electrons. The molecule has 124 valence electrons. The lowest BCUT2D eigenvalue weighted by Gasteiger charge is -2.10. The van der Waals surface area contributed by atoms with Crippen LogP contribution in [0.5, 0.6) is 5.75 Å². The van der Waals surface area contributed by atoms with Crippen LogP contribution in [0.15, 0.2) is 40.7 Å². The van der Waals surface area contributed by atoms with Gasteiger partial charge in [0.1, 0.15) is 11.6 Å². The fourth-order valence-electron chi connectivity index (χ4n) is 2.03. The first-order valence-electron chi connectivity index (χ1n) is 7.14. The minimum absolute atomic E-state index is 0.175. The van der Waals surface area contributed by atoms with Crippen LogP contribution in [-0.4, -0.2) is 25.9 Å². The van der Waals surface area contributed by atoms with Crippen LogP contribution in [0.3, 0.4) is 0 Å². The summed E-state index contributed by atoms with van der Waals surface area (Å²) in [5.41, 5.74) is 7.52. The van der Waals surface area contributed by atoms with E-state index in [1.165, 1.54) is 11.3 Å². The van der Waals surface area contributed by atoms with Crippen LogP contribution in [0.2, 0.25) is 0 Å². The monoisotopic (exact) mass is 339 g/mol. The van der Waals surface area contributed by atoms with Gasteiger partial charge in [0, 0.05) is 25.1 Å². The molecule has 0 saturated carbocycles. The highest BCUT2D eigenvalue weighted by molar-refractivity contribution is 7.12. The zero-order chi connectivity index (χ0) is 16.7. The molecular weight excluding hydrogens is 320 g/mol. The summed E-state index contributed by atoms with van der Waals surface area (Å²) in [5.74, 6) is 1.13. The summed E-state index contributed by atoms with van der Waals surface area (Å²) in [5, 5.41) is 4.91. The molecule has 0 atom stereocenters. The molecule has 7 heteroatoms. The average Bonchev–Trinajstić information content (AvgIpc) is 3.06. The molecule has 0 aliphatic heterocycles. The maximum absolute atomic E-state index is 12.2. The van der Waals surface area contributed by atoms with Crippen LogP contribution in [0, 0.1) is 0 Å². The molecule has 0 amide bonds. The second-order valence-corrected chi connectivity index (χ2v) is 5.77. The van der Waals surface area contributed by atoms with E-state index in [9.17, 15) is 8.78 Å². The summed E-state index contributed by atoms with van der Waals surface area (Å²) in [7, 11) is 1.57. The van der Waals surface area contributed by atoms with E-state index in [1.54, 1.807) is 13.2 Å². The van der Waals surface area contributed by atoms with Crippen molar-refractivity contribution in [3.8, 4) is 5.75 Å². The normalized spacial score (nSPS) is 11.9.